The zero-order valence-corrected chi connectivity index (χ0v) is 6.28. The van der Waals surface area contributed by atoms with Gasteiger partial charge in [-0.05, 0) is 0 Å². The molecule has 0 spiro atoms. The number of methoxy groups -OCH3 is 2. The van der Waals surface area contributed by atoms with Gasteiger partial charge in [0.05, 0.1) is 12.2 Å². The summed E-state index contributed by atoms with van der Waals surface area (Å²) in [6, 6.07) is 0. The van der Waals surface area contributed by atoms with E-state index in [9.17, 15) is 0 Å². The van der Waals surface area contributed by atoms with Crippen LogP contribution < -0.4 is 0 Å². The lowest BCUT2D eigenvalue weighted by atomic mass is 10.1. The molecule has 0 saturated carbocycles. The monoisotopic (exact) mass is 140 g/mol. The Morgan fingerprint density at radius 3 is 1.30 bits per heavy atom. The van der Waals surface area contributed by atoms with Crippen LogP contribution in [-0.2, 0) is 9.47 Å². The molecule has 56 valence electrons. The minimum Gasteiger partial charge on any atom is -0.373 e. The molecule has 2 nitrogen and oxygen atoms in total. The molecule has 0 amide bonds. The standard InChI is InChI=1S/C8H12O2/c1-9-7-3-5-8(10-2)6-4-7/h3-8H,1-2H3. The predicted molar refractivity (Wildman–Crippen MR) is 39.9 cm³/mol. The van der Waals surface area contributed by atoms with Crippen LogP contribution in [0.5, 0.6) is 0 Å². The number of hydrogen-bond donors (Lipinski definition) is 0. The lowest BCUT2D eigenvalue weighted by Crippen LogP contribution is -2.12. The van der Waals surface area contributed by atoms with Gasteiger partial charge in [-0.2, -0.15) is 0 Å². The van der Waals surface area contributed by atoms with Gasteiger partial charge < -0.3 is 9.47 Å². The van der Waals surface area contributed by atoms with E-state index in [4.69, 9.17) is 9.47 Å². The molecule has 0 unspecified atom stereocenters. The zero-order chi connectivity index (χ0) is 7.40. The topological polar surface area (TPSA) is 18.5 Å². The van der Waals surface area contributed by atoms with Crippen LogP contribution in [0.2, 0.25) is 0 Å². The summed E-state index contributed by atoms with van der Waals surface area (Å²) >= 11 is 0. The summed E-state index contributed by atoms with van der Waals surface area (Å²) in [5, 5.41) is 0. The minimum absolute atomic E-state index is 0.131. The van der Waals surface area contributed by atoms with Crippen LogP contribution in [0.1, 0.15) is 0 Å². The first-order valence-electron chi connectivity index (χ1n) is 3.29. The average molecular weight is 140 g/mol. The van der Waals surface area contributed by atoms with E-state index in [1.54, 1.807) is 14.2 Å². The van der Waals surface area contributed by atoms with Crippen LogP contribution in [0.4, 0.5) is 0 Å². The van der Waals surface area contributed by atoms with Gasteiger partial charge in [0.25, 0.3) is 0 Å². The van der Waals surface area contributed by atoms with Crippen LogP contribution in [0, 0.1) is 0 Å². The summed E-state index contributed by atoms with van der Waals surface area (Å²) in [5.74, 6) is 0. The van der Waals surface area contributed by atoms with Crippen LogP contribution in [-0.4, -0.2) is 26.4 Å². The van der Waals surface area contributed by atoms with Gasteiger partial charge >= 0.3 is 0 Å². The minimum atomic E-state index is 0.131. The van der Waals surface area contributed by atoms with Gasteiger partial charge in [0.2, 0.25) is 0 Å². The third-order valence-electron chi connectivity index (χ3n) is 1.53. The lowest BCUT2D eigenvalue weighted by Gasteiger charge is -2.13. The summed E-state index contributed by atoms with van der Waals surface area (Å²) in [6.45, 7) is 0. The Hall–Kier alpha value is -0.600. The Labute approximate surface area is 61.1 Å². The molecule has 1 aliphatic rings. The third-order valence-corrected chi connectivity index (χ3v) is 1.53. The van der Waals surface area contributed by atoms with E-state index in [0.29, 0.717) is 0 Å². The number of ether oxygens (including phenoxy) is 2. The molecule has 1 rings (SSSR count). The molecule has 0 aliphatic heterocycles. The highest BCUT2D eigenvalue weighted by Gasteiger charge is 2.05. The van der Waals surface area contributed by atoms with Crippen molar-refractivity contribution in [3.8, 4) is 0 Å². The van der Waals surface area contributed by atoms with Crippen molar-refractivity contribution in [1.82, 2.24) is 0 Å². The maximum atomic E-state index is 5.05. The van der Waals surface area contributed by atoms with Gasteiger partial charge in [0.15, 0.2) is 0 Å². The van der Waals surface area contributed by atoms with Crippen LogP contribution in [0.3, 0.4) is 0 Å². The van der Waals surface area contributed by atoms with E-state index in [1.165, 1.54) is 0 Å². The van der Waals surface area contributed by atoms with E-state index < -0.39 is 0 Å². The second-order valence-corrected chi connectivity index (χ2v) is 2.17. The fraction of sp³-hybridized carbons (Fsp3) is 0.500. The highest BCUT2D eigenvalue weighted by Crippen LogP contribution is 2.06. The van der Waals surface area contributed by atoms with Crippen molar-refractivity contribution in [2.24, 2.45) is 0 Å². The van der Waals surface area contributed by atoms with Crippen LogP contribution >= 0.6 is 0 Å². The molecule has 0 N–H and O–H groups in total. The van der Waals surface area contributed by atoms with E-state index in [2.05, 4.69) is 0 Å². The molecule has 0 heterocycles. The van der Waals surface area contributed by atoms with E-state index in [1.807, 2.05) is 24.3 Å². The molecule has 1 aliphatic carbocycles. The molecule has 0 saturated heterocycles. The maximum Gasteiger partial charge on any atom is 0.0935 e. The molecule has 2 heteroatoms. The fourth-order valence-electron chi connectivity index (χ4n) is 0.881. The Bertz CT molecular complexity index is 119. The van der Waals surface area contributed by atoms with Crippen LogP contribution in [0.15, 0.2) is 24.3 Å². The van der Waals surface area contributed by atoms with Gasteiger partial charge in [-0.15, -0.1) is 0 Å². The highest BCUT2D eigenvalue weighted by atomic mass is 16.5. The highest BCUT2D eigenvalue weighted by molar-refractivity contribution is 5.16. The Balaban J connectivity index is 2.45. The smallest absolute Gasteiger partial charge is 0.0935 e. The molecule has 0 radical (unpaired) electrons. The quantitative estimate of drug-likeness (QED) is 0.535. The van der Waals surface area contributed by atoms with Crippen molar-refractivity contribution in [2.45, 2.75) is 12.2 Å². The molecule has 10 heavy (non-hydrogen) atoms. The van der Waals surface area contributed by atoms with Crippen molar-refractivity contribution in [3.63, 3.8) is 0 Å². The fourth-order valence-corrected chi connectivity index (χ4v) is 0.881. The molecule has 0 aromatic heterocycles. The van der Waals surface area contributed by atoms with E-state index >= 15 is 0 Å². The second kappa shape index (κ2) is 3.54. The predicted octanol–water partition coefficient (Wildman–Crippen LogP) is 1.14. The summed E-state index contributed by atoms with van der Waals surface area (Å²) in [6.07, 6.45) is 8.18. The Morgan fingerprint density at radius 1 is 0.800 bits per heavy atom. The van der Waals surface area contributed by atoms with E-state index in [0.717, 1.165) is 0 Å². The molecule has 0 aromatic carbocycles. The largest absolute Gasteiger partial charge is 0.373 e. The number of hydrogen-bond acceptors (Lipinski definition) is 2. The number of rotatable bonds is 2. The first kappa shape index (κ1) is 7.51. The van der Waals surface area contributed by atoms with Crippen molar-refractivity contribution < 1.29 is 9.47 Å². The maximum absolute atomic E-state index is 5.05. The Morgan fingerprint density at radius 2 is 1.10 bits per heavy atom. The van der Waals surface area contributed by atoms with Crippen molar-refractivity contribution in [1.29, 1.82) is 0 Å². The second-order valence-electron chi connectivity index (χ2n) is 2.17. The summed E-state index contributed by atoms with van der Waals surface area (Å²) in [7, 11) is 3.37. The third kappa shape index (κ3) is 1.69. The van der Waals surface area contributed by atoms with Gasteiger partial charge in [0, 0.05) is 14.2 Å². The first-order valence-corrected chi connectivity index (χ1v) is 3.29. The van der Waals surface area contributed by atoms with Crippen molar-refractivity contribution >= 4 is 0 Å². The summed E-state index contributed by atoms with van der Waals surface area (Å²) in [4.78, 5) is 0. The molecule has 0 fully saturated rings. The van der Waals surface area contributed by atoms with Crippen molar-refractivity contribution in [2.75, 3.05) is 14.2 Å². The lowest BCUT2D eigenvalue weighted by molar-refractivity contribution is 0.153. The molecule has 0 atom stereocenters. The Kier molecular flexibility index (Phi) is 2.66. The first-order chi connectivity index (χ1) is 4.86. The van der Waals surface area contributed by atoms with Crippen LogP contribution in [0.25, 0.3) is 0 Å². The SMILES string of the molecule is COC1C=CC(OC)C=C1. The van der Waals surface area contributed by atoms with Gasteiger partial charge in [0.1, 0.15) is 0 Å². The summed E-state index contributed by atoms with van der Waals surface area (Å²) < 4.78 is 10.1. The van der Waals surface area contributed by atoms with Gasteiger partial charge in [-0.3, -0.25) is 0 Å². The molecular formula is C8H12O2. The molecule has 0 bridgehead atoms. The average Bonchev–Trinajstić information content (AvgIpc) is 2.05. The van der Waals surface area contributed by atoms with Gasteiger partial charge in [-0.25, -0.2) is 0 Å². The van der Waals surface area contributed by atoms with Gasteiger partial charge in [-0.1, -0.05) is 24.3 Å². The van der Waals surface area contributed by atoms with E-state index in [-0.39, 0.29) is 12.2 Å². The molecule has 0 aromatic rings. The van der Waals surface area contributed by atoms with Crippen molar-refractivity contribution in [3.05, 3.63) is 24.3 Å². The normalized spacial score (nSPS) is 31.0. The zero-order valence-electron chi connectivity index (χ0n) is 6.28. The molecular weight excluding hydrogens is 128 g/mol. The summed E-state index contributed by atoms with van der Waals surface area (Å²) in [5.41, 5.74) is 0.